The highest BCUT2D eigenvalue weighted by Gasteiger charge is 2.21. The first-order valence-corrected chi connectivity index (χ1v) is 6.59. The smallest absolute Gasteiger partial charge is 0.251 e. The number of rotatable bonds is 3. The monoisotopic (exact) mass is 246 g/mol. The average Bonchev–Trinajstić information content (AvgIpc) is 3.09. The van der Waals surface area contributed by atoms with E-state index in [2.05, 4.69) is 21.3 Å². The lowest BCUT2D eigenvalue weighted by Crippen LogP contribution is -2.09. The molecule has 0 bridgehead atoms. The molecule has 1 saturated carbocycles. The van der Waals surface area contributed by atoms with Crippen molar-refractivity contribution in [1.82, 2.24) is 19.9 Å². The Morgan fingerprint density at radius 3 is 2.83 bits per heavy atom. The van der Waals surface area contributed by atoms with Crippen molar-refractivity contribution in [3.8, 4) is 0 Å². The van der Waals surface area contributed by atoms with Gasteiger partial charge in [-0.1, -0.05) is 18.0 Å². The molecule has 0 aromatic carbocycles. The fourth-order valence-electron chi connectivity index (χ4n) is 2.60. The van der Waals surface area contributed by atoms with Crippen molar-refractivity contribution in [2.75, 3.05) is 0 Å². The molecule has 1 aliphatic carbocycles. The average molecular weight is 246 g/mol. The van der Waals surface area contributed by atoms with E-state index in [1.165, 1.54) is 31.4 Å². The minimum Gasteiger partial charge on any atom is -0.337 e. The molecule has 1 fully saturated rings. The lowest BCUT2D eigenvalue weighted by atomic mass is 10.1. The van der Waals surface area contributed by atoms with Gasteiger partial charge in [0.2, 0.25) is 0 Å². The summed E-state index contributed by atoms with van der Waals surface area (Å²) in [6.07, 6.45) is 7.21. The van der Waals surface area contributed by atoms with Crippen LogP contribution in [-0.4, -0.2) is 19.9 Å². The summed E-state index contributed by atoms with van der Waals surface area (Å²) in [7, 11) is 0. The molecule has 5 heteroatoms. The number of nitrogens with zero attached hydrogens (tertiary/aromatic N) is 4. The highest BCUT2D eigenvalue weighted by molar-refractivity contribution is 5.09. The van der Waals surface area contributed by atoms with E-state index in [0.29, 0.717) is 17.6 Å². The third-order valence-corrected chi connectivity index (χ3v) is 3.70. The fraction of sp³-hybridized carbons (Fsp3) is 0.615. The highest BCUT2D eigenvalue weighted by atomic mass is 16.5. The predicted octanol–water partition coefficient (Wildman–Crippen LogP) is 2.84. The van der Waals surface area contributed by atoms with Gasteiger partial charge in [-0.3, -0.25) is 4.68 Å². The summed E-state index contributed by atoms with van der Waals surface area (Å²) in [5.41, 5.74) is 1.20. The van der Waals surface area contributed by atoms with Crippen molar-refractivity contribution in [1.29, 1.82) is 0 Å². The molecule has 0 aliphatic heterocycles. The second kappa shape index (κ2) is 4.55. The molecule has 1 atom stereocenters. The molecule has 1 unspecified atom stereocenters. The Kier molecular flexibility index (Phi) is 2.89. The van der Waals surface area contributed by atoms with Crippen LogP contribution in [0.15, 0.2) is 16.8 Å². The normalized spacial score (nSPS) is 18.3. The van der Waals surface area contributed by atoms with E-state index in [4.69, 9.17) is 4.52 Å². The summed E-state index contributed by atoms with van der Waals surface area (Å²) < 4.78 is 7.11. The number of aryl methyl sites for hydroxylation is 1. The van der Waals surface area contributed by atoms with E-state index >= 15 is 0 Å². The van der Waals surface area contributed by atoms with E-state index in [9.17, 15) is 0 Å². The van der Waals surface area contributed by atoms with Gasteiger partial charge in [-0.2, -0.15) is 10.1 Å². The zero-order valence-corrected chi connectivity index (χ0v) is 10.8. The number of hydrogen-bond acceptors (Lipinski definition) is 4. The van der Waals surface area contributed by atoms with Crippen molar-refractivity contribution in [2.24, 2.45) is 0 Å². The van der Waals surface area contributed by atoms with Gasteiger partial charge in [-0.15, -0.1) is 0 Å². The molecular weight excluding hydrogens is 228 g/mol. The molecule has 1 aliphatic rings. The van der Waals surface area contributed by atoms with Crippen LogP contribution in [0.5, 0.6) is 0 Å². The molecule has 0 N–H and O–H groups in total. The van der Waals surface area contributed by atoms with Crippen LogP contribution in [0, 0.1) is 6.92 Å². The summed E-state index contributed by atoms with van der Waals surface area (Å²) in [5, 5.41) is 8.49. The summed E-state index contributed by atoms with van der Waals surface area (Å²) in [6.45, 7) is 3.85. The van der Waals surface area contributed by atoms with Gasteiger partial charge in [0.1, 0.15) is 6.04 Å². The first-order valence-electron chi connectivity index (χ1n) is 6.59. The van der Waals surface area contributed by atoms with Gasteiger partial charge < -0.3 is 4.52 Å². The van der Waals surface area contributed by atoms with Crippen LogP contribution < -0.4 is 0 Å². The molecule has 0 spiro atoms. The van der Waals surface area contributed by atoms with Gasteiger partial charge >= 0.3 is 0 Å². The predicted molar refractivity (Wildman–Crippen MR) is 66.3 cm³/mol. The highest BCUT2D eigenvalue weighted by Crippen LogP contribution is 2.33. The maximum Gasteiger partial charge on any atom is 0.251 e. The Bertz CT molecular complexity index is 525. The fourth-order valence-corrected chi connectivity index (χ4v) is 2.60. The van der Waals surface area contributed by atoms with Crippen LogP contribution in [-0.2, 0) is 0 Å². The topological polar surface area (TPSA) is 56.7 Å². The number of aromatic nitrogens is 4. The van der Waals surface area contributed by atoms with Crippen molar-refractivity contribution in [2.45, 2.75) is 51.5 Å². The van der Waals surface area contributed by atoms with Crippen LogP contribution in [0.2, 0.25) is 0 Å². The molecule has 96 valence electrons. The Morgan fingerprint density at radius 1 is 1.39 bits per heavy atom. The Hall–Kier alpha value is -1.65. The quantitative estimate of drug-likeness (QED) is 0.835. The van der Waals surface area contributed by atoms with Crippen molar-refractivity contribution < 1.29 is 4.52 Å². The minimum atomic E-state index is 0.00125. The van der Waals surface area contributed by atoms with Crippen LogP contribution >= 0.6 is 0 Å². The second-order valence-corrected chi connectivity index (χ2v) is 5.06. The summed E-state index contributed by atoms with van der Waals surface area (Å²) in [4.78, 5) is 4.26. The Labute approximate surface area is 106 Å². The zero-order valence-electron chi connectivity index (χ0n) is 10.8. The molecule has 0 radical (unpaired) electrons. The van der Waals surface area contributed by atoms with Crippen LogP contribution in [0.3, 0.4) is 0 Å². The number of hydrogen-bond donors (Lipinski definition) is 0. The molecule has 5 nitrogen and oxygen atoms in total. The largest absolute Gasteiger partial charge is 0.337 e. The molecular formula is C13H18N4O. The molecule has 0 amide bonds. The van der Waals surface area contributed by atoms with Crippen LogP contribution in [0.4, 0.5) is 0 Å². The van der Waals surface area contributed by atoms with E-state index in [-0.39, 0.29) is 6.04 Å². The third kappa shape index (κ3) is 2.05. The van der Waals surface area contributed by atoms with Gasteiger partial charge in [-0.25, -0.2) is 0 Å². The van der Waals surface area contributed by atoms with E-state index < -0.39 is 0 Å². The van der Waals surface area contributed by atoms with E-state index in [1.807, 2.05) is 24.7 Å². The first kappa shape index (κ1) is 11.4. The van der Waals surface area contributed by atoms with Crippen molar-refractivity contribution in [3.63, 3.8) is 0 Å². The molecule has 2 heterocycles. The van der Waals surface area contributed by atoms with Crippen LogP contribution in [0.25, 0.3) is 0 Å². The molecule has 0 saturated heterocycles. The lowest BCUT2D eigenvalue weighted by molar-refractivity contribution is 0.333. The summed E-state index contributed by atoms with van der Waals surface area (Å²) in [6, 6.07) is 2.12. The molecule has 2 aromatic heterocycles. The maximum absolute atomic E-state index is 5.19. The van der Waals surface area contributed by atoms with Gasteiger partial charge in [-0.05, 0) is 32.8 Å². The standard InChI is InChI=1S/C13H18N4O/c1-9(13-14-10(2)16-18-13)17-8-7-12(15-17)11-5-3-4-6-11/h7-9,11H,3-6H2,1-2H3. The van der Waals surface area contributed by atoms with Crippen molar-refractivity contribution >= 4 is 0 Å². The van der Waals surface area contributed by atoms with Gasteiger partial charge in [0.05, 0.1) is 5.69 Å². The van der Waals surface area contributed by atoms with E-state index in [1.54, 1.807) is 0 Å². The minimum absolute atomic E-state index is 0.00125. The second-order valence-electron chi connectivity index (χ2n) is 5.06. The van der Waals surface area contributed by atoms with Gasteiger partial charge in [0.15, 0.2) is 5.82 Å². The molecule has 2 aromatic rings. The Morgan fingerprint density at radius 2 is 2.17 bits per heavy atom. The van der Waals surface area contributed by atoms with Crippen molar-refractivity contribution in [3.05, 3.63) is 29.7 Å². The first-order chi connectivity index (χ1) is 8.74. The third-order valence-electron chi connectivity index (χ3n) is 3.70. The van der Waals surface area contributed by atoms with Gasteiger partial charge in [0, 0.05) is 12.1 Å². The molecule has 3 rings (SSSR count). The van der Waals surface area contributed by atoms with Crippen LogP contribution in [0.1, 0.15) is 62.0 Å². The summed E-state index contributed by atoms with van der Waals surface area (Å²) >= 11 is 0. The molecule has 18 heavy (non-hydrogen) atoms. The van der Waals surface area contributed by atoms with Gasteiger partial charge in [0.25, 0.3) is 5.89 Å². The zero-order chi connectivity index (χ0) is 12.5. The summed E-state index contributed by atoms with van der Waals surface area (Å²) in [5.74, 6) is 1.93. The lowest BCUT2D eigenvalue weighted by Gasteiger charge is -2.08. The Balaban J connectivity index is 1.80. The SMILES string of the molecule is Cc1noc(C(C)n2ccc(C3CCCC3)n2)n1. The van der Waals surface area contributed by atoms with E-state index in [0.717, 1.165) is 0 Å². The maximum atomic E-state index is 5.19.